The molecule has 1 aromatic carbocycles. The molecule has 1 saturated heterocycles. The highest BCUT2D eigenvalue weighted by atomic mass is 19.1. The topological polar surface area (TPSA) is 50.3 Å². The summed E-state index contributed by atoms with van der Waals surface area (Å²) in [5.41, 5.74) is 1.85. The van der Waals surface area contributed by atoms with E-state index in [1.165, 1.54) is 19.1 Å². The summed E-state index contributed by atoms with van der Waals surface area (Å²) >= 11 is 0. The molecule has 0 radical (unpaired) electrons. The average molecular weight is 300 g/mol. The number of carbonyl (C=O) groups is 2. The van der Waals surface area contributed by atoms with Gasteiger partial charge in [0.1, 0.15) is 5.82 Å². The Morgan fingerprint density at radius 3 is 2.64 bits per heavy atom. The molecule has 1 aliphatic heterocycles. The summed E-state index contributed by atoms with van der Waals surface area (Å²) < 4.78 is 13.5. The second-order valence-corrected chi connectivity index (χ2v) is 5.68. The van der Waals surface area contributed by atoms with E-state index >= 15 is 0 Å². The summed E-state index contributed by atoms with van der Waals surface area (Å²) in [5.74, 6) is -0.854. The van der Waals surface area contributed by atoms with Crippen LogP contribution in [-0.2, 0) is 9.59 Å². The third-order valence-electron chi connectivity index (χ3n) is 4.26. The highest BCUT2D eigenvalue weighted by Crippen LogP contribution is 2.32. The van der Waals surface area contributed by atoms with Crippen LogP contribution in [0.1, 0.15) is 31.2 Å². The molecule has 3 rings (SSSR count). The van der Waals surface area contributed by atoms with Gasteiger partial charge in [0, 0.05) is 31.6 Å². The van der Waals surface area contributed by atoms with Gasteiger partial charge in [-0.15, -0.1) is 0 Å². The number of aromatic nitrogens is 1. The number of Topliss-reactive ketones (excluding diaryl/α,β-unsaturated/α-hetero) is 1. The van der Waals surface area contributed by atoms with E-state index in [0.29, 0.717) is 13.1 Å². The number of benzene rings is 1. The fourth-order valence-corrected chi connectivity index (χ4v) is 3.11. The van der Waals surface area contributed by atoms with Crippen LogP contribution in [0.4, 0.5) is 4.39 Å². The van der Waals surface area contributed by atoms with Crippen molar-refractivity contribution in [1.82, 2.24) is 9.88 Å². The quantitative estimate of drug-likeness (QED) is 0.801. The van der Waals surface area contributed by atoms with Crippen molar-refractivity contribution in [2.45, 2.75) is 25.7 Å². The molecule has 0 atom stereocenters. The highest BCUT2D eigenvalue weighted by Gasteiger charge is 2.26. The lowest BCUT2D eigenvalue weighted by Crippen LogP contribution is -2.40. The number of nitrogens with zero attached hydrogens (tertiary/aromatic N) is 2. The molecule has 1 fully saturated rings. The van der Waals surface area contributed by atoms with E-state index in [4.69, 9.17) is 0 Å². The molecule has 114 valence electrons. The smallest absolute Gasteiger partial charge is 0.289 e. The first-order valence-corrected chi connectivity index (χ1v) is 7.40. The zero-order valence-corrected chi connectivity index (χ0v) is 12.4. The van der Waals surface area contributed by atoms with Crippen LogP contribution in [0.3, 0.4) is 0 Å². The molecule has 4 nitrogen and oxygen atoms in total. The number of pyridine rings is 1. The van der Waals surface area contributed by atoms with Crippen LogP contribution in [0, 0.1) is 5.82 Å². The van der Waals surface area contributed by atoms with Crippen molar-refractivity contribution in [1.29, 1.82) is 0 Å². The third-order valence-corrected chi connectivity index (χ3v) is 4.26. The monoisotopic (exact) mass is 300 g/mol. The van der Waals surface area contributed by atoms with Crippen LogP contribution in [0.5, 0.6) is 0 Å². The Kier molecular flexibility index (Phi) is 3.88. The van der Waals surface area contributed by atoms with Gasteiger partial charge in [-0.3, -0.25) is 14.6 Å². The second-order valence-electron chi connectivity index (χ2n) is 5.68. The summed E-state index contributed by atoms with van der Waals surface area (Å²) in [6.07, 6.45) is 3.28. The second kappa shape index (κ2) is 5.83. The highest BCUT2D eigenvalue weighted by molar-refractivity contribution is 6.35. The molecule has 5 heteroatoms. The number of hydrogen-bond donors (Lipinski definition) is 0. The molecule has 0 bridgehead atoms. The lowest BCUT2D eigenvalue weighted by molar-refractivity contribution is -0.144. The molecular weight excluding hydrogens is 283 g/mol. The Labute approximate surface area is 127 Å². The average Bonchev–Trinajstić information content (AvgIpc) is 2.53. The van der Waals surface area contributed by atoms with Crippen molar-refractivity contribution in [2.24, 2.45) is 0 Å². The van der Waals surface area contributed by atoms with Crippen molar-refractivity contribution in [3.05, 3.63) is 41.8 Å². The number of piperidine rings is 1. The Morgan fingerprint density at radius 1 is 1.23 bits per heavy atom. The van der Waals surface area contributed by atoms with Crippen LogP contribution in [0.15, 0.2) is 30.5 Å². The standard InChI is InChI=1S/C17H17FN2O2/c1-11(21)17(22)20-8-5-12(6-9-20)14-4-7-19-16-3-2-13(18)10-15(14)16/h2-4,7,10,12H,5-6,8-9H2,1H3. The third kappa shape index (κ3) is 2.71. The predicted molar refractivity (Wildman–Crippen MR) is 80.9 cm³/mol. The lowest BCUT2D eigenvalue weighted by atomic mass is 9.87. The molecule has 0 N–H and O–H groups in total. The van der Waals surface area contributed by atoms with E-state index < -0.39 is 11.7 Å². The first-order valence-electron chi connectivity index (χ1n) is 7.40. The van der Waals surface area contributed by atoms with Gasteiger partial charge in [-0.25, -0.2) is 4.39 Å². The molecule has 1 aliphatic rings. The molecule has 0 spiro atoms. The minimum Gasteiger partial charge on any atom is -0.336 e. The summed E-state index contributed by atoms with van der Waals surface area (Å²) in [7, 11) is 0. The van der Waals surface area contributed by atoms with Gasteiger partial charge in [-0.05, 0) is 48.6 Å². The summed E-state index contributed by atoms with van der Waals surface area (Å²) in [6, 6.07) is 6.54. The van der Waals surface area contributed by atoms with Crippen molar-refractivity contribution in [2.75, 3.05) is 13.1 Å². The lowest BCUT2D eigenvalue weighted by Gasteiger charge is -2.32. The van der Waals surface area contributed by atoms with E-state index in [0.717, 1.165) is 29.3 Å². The van der Waals surface area contributed by atoms with Gasteiger partial charge in [0.15, 0.2) is 0 Å². The molecule has 2 heterocycles. The van der Waals surface area contributed by atoms with Gasteiger partial charge in [0.05, 0.1) is 5.52 Å². The van der Waals surface area contributed by atoms with Gasteiger partial charge in [0.25, 0.3) is 5.91 Å². The van der Waals surface area contributed by atoms with Crippen molar-refractivity contribution in [3.8, 4) is 0 Å². The molecule has 22 heavy (non-hydrogen) atoms. The maximum atomic E-state index is 13.5. The predicted octanol–water partition coefficient (Wildman–Crippen LogP) is 2.67. The summed E-state index contributed by atoms with van der Waals surface area (Å²) in [5, 5.41) is 0.832. The van der Waals surface area contributed by atoms with Crippen molar-refractivity contribution in [3.63, 3.8) is 0 Å². The Morgan fingerprint density at radius 2 is 1.95 bits per heavy atom. The molecule has 1 aromatic heterocycles. The largest absolute Gasteiger partial charge is 0.336 e. The van der Waals surface area contributed by atoms with Crippen molar-refractivity contribution < 1.29 is 14.0 Å². The minimum atomic E-state index is -0.421. The van der Waals surface area contributed by atoms with Gasteiger partial charge in [0.2, 0.25) is 5.78 Å². The minimum absolute atomic E-state index is 0.253. The normalized spacial score (nSPS) is 16.0. The molecule has 0 saturated carbocycles. The Hall–Kier alpha value is -2.30. The molecule has 0 aliphatic carbocycles. The molecular formula is C17H17FN2O2. The number of amides is 1. The molecule has 1 amide bonds. The zero-order chi connectivity index (χ0) is 15.7. The van der Waals surface area contributed by atoms with Crippen LogP contribution >= 0.6 is 0 Å². The van der Waals surface area contributed by atoms with E-state index in [1.54, 1.807) is 17.2 Å². The van der Waals surface area contributed by atoms with Crippen molar-refractivity contribution >= 4 is 22.6 Å². The zero-order valence-electron chi connectivity index (χ0n) is 12.4. The number of hydrogen-bond acceptors (Lipinski definition) is 3. The number of ketones is 1. The van der Waals surface area contributed by atoms with E-state index in [-0.39, 0.29) is 11.7 Å². The van der Waals surface area contributed by atoms with Crippen LogP contribution < -0.4 is 0 Å². The van der Waals surface area contributed by atoms with E-state index in [1.807, 2.05) is 6.07 Å². The fourth-order valence-electron chi connectivity index (χ4n) is 3.11. The number of rotatable bonds is 2. The summed E-state index contributed by atoms with van der Waals surface area (Å²) in [4.78, 5) is 28.7. The first kappa shape index (κ1) is 14.6. The van der Waals surface area contributed by atoms with Crippen LogP contribution in [0.25, 0.3) is 10.9 Å². The van der Waals surface area contributed by atoms with E-state index in [9.17, 15) is 14.0 Å². The van der Waals surface area contributed by atoms with Gasteiger partial charge in [-0.1, -0.05) is 0 Å². The fraction of sp³-hybridized carbons (Fsp3) is 0.353. The number of halogens is 1. The number of fused-ring (bicyclic) bond motifs is 1. The maximum absolute atomic E-state index is 13.5. The summed E-state index contributed by atoms with van der Waals surface area (Å²) in [6.45, 7) is 2.41. The van der Waals surface area contributed by atoms with Gasteiger partial charge in [-0.2, -0.15) is 0 Å². The SMILES string of the molecule is CC(=O)C(=O)N1CCC(c2ccnc3ccc(F)cc23)CC1. The van der Waals surface area contributed by atoms with Crippen LogP contribution in [0.2, 0.25) is 0 Å². The number of carbonyl (C=O) groups excluding carboxylic acids is 2. The molecule has 0 unspecified atom stereocenters. The van der Waals surface area contributed by atoms with Gasteiger partial charge < -0.3 is 4.90 Å². The van der Waals surface area contributed by atoms with Crippen LogP contribution in [-0.4, -0.2) is 34.7 Å². The number of likely N-dealkylation sites (tertiary alicyclic amines) is 1. The Bertz CT molecular complexity index is 737. The van der Waals surface area contributed by atoms with Gasteiger partial charge >= 0.3 is 0 Å². The molecule has 2 aromatic rings. The Balaban J connectivity index is 1.84. The van der Waals surface area contributed by atoms with E-state index in [2.05, 4.69) is 4.98 Å². The first-order chi connectivity index (χ1) is 10.6. The maximum Gasteiger partial charge on any atom is 0.289 e.